The maximum atomic E-state index is 14.8. The van der Waals surface area contributed by atoms with Crippen molar-refractivity contribution in [2.45, 2.75) is 65.8 Å². The smallest absolute Gasteiger partial charge is 0.410 e. The molecule has 2 heterocycles. The van der Waals surface area contributed by atoms with E-state index in [2.05, 4.69) is 15.0 Å². The molecule has 0 aliphatic carbocycles. The van der Waals surface area contributed by atoms with Crippen molar-refractivity contribution in [1.29, 1.82) is 0 Å². The summed E-state index contributed by atoms with van der Waals surface area (Å²) < 4.78 is 37.2. The van der Waals surface area contributed by atoms with Crippen LogP contribution in [-0.2, 0) is 9.47 Å². The number of likely N-dealkylation sites (tertiary alicyclic amines) is 1. The van der Waals surface area contributed by atoms with Gasteiger partial charge in [-0.2, -0.15) is 9.97 Å². The summed E-state index contributed by atoms with van der Waals surface area (Å²) >= 11 is 0. The number of amidine groups is 1. The van der Waals surface area contributed by atoms with Crippen LogP contribution < -0.4 is 15.2 Å². The highest BCUT2D eigenvalue weighted by molar-refractivity contribution is 5.97. The second-order valence-electron chi connectivity index (χ2n) is 9.26. The molecule has 37 heavy (non-hydrogen) atoms. The molecule has 0 unspecified atom stereocenters. The third kappa shape index (κ3) is 8.85. The highest BCUT2D eigenvalue weighted by Gasteiger charge is 2.26. The molecule has 0 atom stereocenters. The van der Waals surface area contributed by atoms with Crippen LogP contribution >= 0.6 is 0 Å². The molecule has 202 valence electrons. The first kappa shape index (κ1) is 28.1. The average Bonchev–Trinajstić information content (AvgIpc) is 2.82. The standard InChI is InChI=1S/C26H36FN5O5/c1-16(2)34-13-10-29-25(28)19-6-7-22(21(27)14-19)37-24-15-23(30-18(5)31-24)36-20-8-11-32(12-9-20)26(33)35-17(3)4/h6-7,14-17,20H,8-13H2,1-5H3,(H2,28,29). The summed E-state index contributed by atoms with van der Waals surface area (Å²) in [5.74, 6) is 0.494. The van der Waals surface area contributed by atoms with Crippen LogP contribution in [0.5, 0.6) is 17.5 Å². The Hall–Kier alpha value is -3.47. The van der Waals surface area contributed by atoms with Crippen LogP contribution in [0.1, 0.15) is 51.9 Å². The third-order valence-electron chi connectivity index (χ3n) is 5.38. The second-order valence-corrected chi connectivity index (χ2v) is 9.26. The zero-order valence-corrected chi connectivity index (χ0v) is 22.1. The molecule has 11 heteroatoms. The van der Waals surface area contributed by atoms with Gasteiger partial charge in [0.15, 0.2) is 11.6 Å². The van der Waals surface area contributed by atoms with Crippen LogP contribution in [0.25, 0.3) is 0 Å². The van der Waals surface area contributed by atoms with Crippen molar-refractivity contribution in [3.8, 4) is 17.5 Å². The van der Waals surface area contributed by atoms with Crippen molar-refractivity contribution in [3.63, 3.8) is 0 Å². The average molecular weight is 518 g/mol. The maximum absolute atomic E-state index is 14.8. The molecular formula is C26H36FN5O5. The first-order valence-electron chi connectivity index (χ1n) is 12.5. The number of rotatable bonds is 10. The number of carbonyl (C=O) groups excluding carboxylic acids is 1. The predicted molar refractivity (Wildman–Crippen MR) is 137 cm³/mol. The van der Waals surface area contributed by atoms with Gasteiger partial charge in [-0.3, -0.25) is 4.99 Å². The number of nitrogens with two attached hydrogens (primary N) is 1. The lowest BCUT2D eigenvalue weighted by Crippen LogP contribution is -2.42. The number of benzene rings is 1. The number of nitrogens with zero attached hydrogens (tertiary/aromatic N) is 4. The van der Waals surface area contributed by atoms with Gasteiger partial charge in [0.25, 0.3) is 0 Å². The molecule has 2 N–H and O–H groups in total. The minimum atomic E-state index is -0.603. The Morgan fingerprint density at radius 3 is 2.49 bits per heavy atom. The van der Waals surface area contributed by atoms with Gasteiger partial charge < -0.3 is 29.6 Å². The van der Waals surface area contributed by atoms with Gasteiger partial charge in [0, 0.05) is 31.5 Å². The molecule has 0 saturated carbocycles. The summed E-state index contributed by atoms with van der Waals surface area (Å²) in [6, 6.07) is 5.89. The van der Waals surface area contributed by atoms with Gasteiger partial charge in [-0.25, -0.2) is 9.18 Å². The lowest BCUT2D eigenvalue weighted by Gasteiger charge is -2.31. The number of amides is 1. The van der Waals surface area contributed by atoms with E-state index in [0.29, 0.717) is 56.4 Å². The van der Waals surface area contributed by atoms with Gasteiger partial charge in [0.2, 0.25) is 11.8 Å². The number of halogens is 1. The summed E-state index contributed by atoms with van der Waals surface area (Å²) in [7, 11) is 0. The highest BCUT2D eigenvalue weighted by atomic mass is 19.1. The number of ether oxygens (including phenoxy) is 4. The van der Waals surface area contributed by atoms with Gasteiger partial charge in [-0.1, -0.05) is 0 Å². The first-order valence-corrected chi connectivity index (χ1v) is 12.5. The van der Waals surface area contributed by atoms with E-state index in [9.17, 15) is 9.18 Å². The normalized spacial score (nSPS) is 14.8. The molecule has 1 aromatic heterocycles. The molecule has 1 fully saturated rings. The summed E-state index contributed by atoms with van der Waals surface area (Å²) in [6.45, 7) is 11.1. The molecule has 10 nitrogen and oxygen atoms in total. The molecule has 1 aliphatic rings. The lowest BCUT2D eigenvalue weighted by atomic mass is 10.1. The number of hydrogen-bond donors (Lipinski definition) is 1. The molecular weight excluding hydrogens is 481 g/mol. The Labute approximate surface area is 217 Å². The number of aliphatic imine (C=N–C) groups is 1. The Balaban J connectivity index is 1.59. The Kier molecular flexibility index (Phi) is 10.0. The van der Waals surface area contributed by atoms with E-state index in [1.54, 1.807) is 17.9 Å². The summed E-state index contributed by atoms with van der Waals surface area (Å²) in [5, 5.41) is 0. The van der Waals surface area contributed by atoms with Gasteiger partial charge >= 0.3 is 6.09 Å². The number of piperidine rings is 1. The molecule has 1 aliphatic heterocycles. The summed E-state index contributed by atoms with van der Waals surface area (Å²) in [5.41, 5.74) is 6.42. The monoisotopic (exact) mass is 517 g/mol. The van der Waals surface area contributed by atoms with E-state index < -0.39 is 5.82 Å². The van der Waals surface area contributed by atoms with E-state index in [1.807, 2.05) is 27.7 Å². The Morgan fingerprint density at radius 1 is 1.14 bits per heavy atom. The highest BCUT2D eigenvalue weighted by Crippen LogP contribution is 2.27. The van der Waals surface area contributed by atoms with Crippen LogP contribution in [0.3, 0.4) is 0 Å². The maximum Gasteiger partial charge on any atom is 0.410 e. The molecule has 0 bridgehead atoms. The number of aromatic nitrogens is 2. The SMILES string of the molecule is Cc1nc(Oc2ccc(C(N)=NCCOC(C)C)cc2F)cc(OC2CCN(C(=O)OC(C)C)CC2)n1. The summed E-state index contributed by atoms with van der Waals surface area (Å²) in [6.07, 6.45) is 0.766. The second kappa shape index (κ2) is 13.2. The van der Waals surface area contributed by atoms with E-state index >= 15 is 0 Å². The van der Waals surface area contributed by atoms with Gasteiger partial charge in [-0.15, -0.1) is 0 Å². The largest absolute Gasteiger partial charge is 0.474 e. The van der Waals surface area contributed by atoms with Crippen LogP contribution in [0.2, 0.25) is 0 Å². The van der Waals surface area contributed by atoms with Crippen LogP contribution in [0.15, 0.2) is 29.3 Å². The molecule has 1 saturated heterocycles. The van der Waals surface area contributed by atoms with Gasteiger partial charge in [0.05, 0.1) is 31.4 Å². The van der Waals surface area contributed by atoms with Crippen molar-refractivity contribution in [1.82, 2.24) is 14.9 Å². The van der Waals surface area contributed by atoms with Crippen molar-refractivity contribution >= 4 is 11.9 Å². The van der Waals surface area contributed by atoms with Crippen molar-refractivity contribution in [3.05, 3.63) is 41.5 Å². The molecule has 0 spiro atoms. The van der Waals surface area contributed by atoms with E-state index in [-0.39, 0.29) is 41.9 Å². The van der Waals surface area contributed by atoms with Crippen LogP contribution in [-0.4, -0.2) is 71.3 Å². The van der Waals surface area contributed by atoms with Crippen molar-refractivity contribution in [2.24, 2.45) is 10.7 Å². The zero-order valence-electron chi connectivity index (χ0n) is 22.1. The molecule has 3 rings (SSSR count). The molecule has 1 aromatic carbocycles. The van der Waals surface area contributed by atoms with Crippen molar-refractivity contribution < 1.29 is 28.1 Å². The lowest BCUT2D eigenvalue weighted by molar-refractivity contribution is 0.0506. The number of aryl methyl sites for hydroxylation is 1. The third-order valence-corrected chi connectivity index (χ3v) is 5.38. The molecule has 0 radical (unpaired) electrons. The van der Waals surface area contributed by atoms with Gasteiger partial charge in [-0.05, 0) is 52.8 Å². The van der Waals surface area contributed by atoms with Crippen molar-refractivity contribution in [2.75, 3.05) is 26.2 Å². The fourth-order valence-corrected chi connectivity index (χ4v) is 3.63. The Morgan fingerprint density at radius 2 is 1.84 bits per heavy atom. The molecule has 2 aromatic rings. The van der Waals surface area contributed by atoms with E-state index in [0.717, 1.165) is 0 Å². The minimum absolute atomic E-state index is 0.0132. The van der Waals surface area contributed by atoms with E-state index in [1.165, 1.54) is 18.2 Å². The van der Waals surface area contributed by atoms with E-state index in [4.69, 9.17) is 24.7 Å². The van der Waals surface area contributed by atoms with Gasteiger partial charge in [0.1, 0.15) is 17.8 Å². The topological polar surface area (TPSA) is 121 Å². The summed E-state index contributed by atoms with van der Waals surface area (Å²) in [4.78, 5) is 26.5. The van der Waals surface area contributed by atoms with Crippen LogP contribution in [0.4, 0.5) is 9.18 Å². The van der Waals surface area contributed by atoms with Crippen LogP contribution in [0, 0.1) is 12.7 Å². The predicted octanol–water partition coefficient (Wildman–Crippen LogP) is 4.23. The molecule has 1 amide bonds. The number of hydrogen-bond acceptors (Lipinski definition) is 8. The quantitative estimate of drug-likeness (QED) is 0.282. The minimum Gasteiger partial charge on any atom is -0.474 e. The zero-order chi connectivity index (χ0) is 26.9. The Bertz CT molecular complexity index is 1090. The first-order chi connectivity index (χ1) is 17.6. The number of carbonyl (C=O) groups is 1. The fraction of sp³-hybridized carbons (Fsp3) is 0.538. The fourth-order valence-electron chi connectivity index (χ4n) is 3.63.